The van der Waals surface area contributed by atoms with Crippen LogP contribution in [0.15, 0.2) is 45.7 Å². The SMILES string of the molecule is Cc1ccc(C(C)NC(=O)c2cccc(S(=O)(=O)N3CCCCCC3)c2)o1. The molecule has 27 heavy (non-hydrogen) atoms. The summed E-state index contributed by atoms with van der Waals surface area (Å²) >= 11 is 0. The van der Waals surface area contributed by atoms with Crippen LogP contribution < -0.4 is 5.32 Å². The fourth-order valence-corrected chi connectivity index (χ4v) is 4.83. The van der Waals surface area contributed by atoms with Crippen LogP contribution in [-0.2, 0) is 10.0 Å². The molecule has 1 amide bonds. The van der Waals surface area contributed by atoms with Gasteiger partial charge in [-0.2, -0.15) is 4.31 Å². The van der Waals surface area contributed by atoms with Gasteiger partial charge in [-0.1, -0.05) is 18.9 Å². The molecule has 2 aromatic rings. The highest BCUT2D eigenvalue weighted by atomic mass is 32.2. The highest BCUT2D eigenvalue weighted by Crippen LogP contribution is 2.22. The van der Waals surface area contributed by atoms with E-state index in [9.17, 15) is 13.2 Å². The summed E-state index contributed by atoms with van der Waals surface area (Å²) in [6.45, 7) is 4.74. The van der Waals surface area contributed by atoms with Crippen LogP contribution in [0.2, 0.25) is 0 Å². The number of rotatable bonds is 5. The number of amides is 1. The van der Waals surface area contributed by atoms with Gasteiger partial charge in [0.1, 0.15) is 11.5 Å². The molecule has 2 heterocycles. The third-order valence-corrected chi connectivity index (χ3v) is 6.73. The number of carbonyl (C=O) groups excluding carboxylic acids is 1. The first-order chi connectivity index (χ1) is 12.9. The van der Waals surface area contributed by atoms with E-state index >= 15 is 0 Å². The Morgan fingerprint density at radius 2 is 1.81 bits per heavy atom. The van der Waals surface area contributed by atoms with Crippen molar-refractivity contribution in [3.05, 3.63) is 53.5 Å². The first-order valence-electron chi connectivity index (χ1n) is 9.35. The summed E-state index contributed by atoms with van der Waals surface area (Å²) in [6.07, 6.45) is 3.86. The maximum atomic E-state index is 12.9. The lowest BCUT2D eigenvalue weighted by molar-refractivity contribution is 0.0935. The van der Waals surface area contributed by atoms with E-state index in [1.165, 1.54) is 10.4 Å². The van der Waals surface area contributed by atoms with Gasteiger partial charge in [0.25, 0.3) is 5.91 Å². The van der Waals surface area contributed by atoms with Crippen LogP contribution in [0.5, 0.6) is 0 Å². The molecular formula is C20H26N2O4S. The van der Waals surface area contributed by atoms with Gasteiger partial charge in [-0.15, -0.1) is 0 Å². The van der Waals surface area contributed by atoms with Crippen LogP contribution in [0, 0.1) is 6.92 Å². The number of aryl methyl sites for hydroxylation is 1. The Morgan fingerprint density at radius 3 is 2.44 bits per heavy atom. The standard InChI is InChI=1S/C20H26N2O4S/c1-15-10-11-19(26-15)16(2)21-20(23)17-8-7-9-18(14-17)27(24,25)22-12-5-3-4-6-13-22/h7-11,14,16H,3-6,12-13H2,1-2H3,(H,21,23). The number of nitrogens with one attached hydrogen (secondary N) is 1. The Kier molecular flexibility index (Phi) is 6.01. The largest absolute Gasteiger partial charge is 0.464 e. The molecule has 0 bridgehead atoms. The minimum Gasteiger partial charge on any atom is -0.464 e. The minimum absolute atomic E-state index is 0.165. The van der Waals surface area contributed by atoms with E-state index in [0.29, 0.717) is 24.4 Å². The highest BCUT2D eigenvalue weighted by molar-refractivity contribution is 7.89. The molecule has 3 rings (SSSR count). The number of hydrogen-bond acceptors (Lipinski definition) is 4. The molecule has 1 aliphatic rings. The molecule has 0 radical (unpaired) electrons. The normalized spacial score (nSPS) is 17.3. The number of benzene rings is 1. The van der Waals surface area contributed by atoms with Crippen molar-refractivity contribution in [1.29, 1.82) is 0 Å². The minimum atomic E-state index is -3.58. The average Bonchev–Trinajstić information content (AvgIpc) is 2.91. The molecule has 1 fully saturated rings. The second-order valence-corrected chi connectivity index (χ2v) is 8.93. The lowest BCUT2D eigenvalue weighted by Gasteiger charge is -2.20. The van der Waals surface area contributed by atoms with Gasteiger partial charge in [-0.05, 0) is 57.0 Å². The fourth-order valence-electron chi connectivity index (χ4n) is 3.27. The summed E-state index contributed by atoms with van der Waals surface area (Å²) in [6, 6.07) is 9.59. The molecule has 1 aromatic carbocycles. The molecule has 0 saturated carbocycles. The van der Waals surface area contributed by atoms with Crippen molar-refractivity contribution < 1.29 is 17.6 Å². The molecule has 1 aliphatic heterocycles. The highest BCUT2D eigenvalue weighted by Gasteiger charge is 2.26. The van der Waals surface area contributed by atoms with Gasteiger partial charge in [-0.25, -0.2) is 8.42 Å². The van der Waals surface area contributed by atoms with Crippen LogP contribution >= 0.6 is 0 Å². The van der Waals surface area contributed by atoms with Crippen molar-refractivity contribution in [3.8, 4) is 0 Å². The molecule has 6 nitrogen and oxygen atoms in total. The third-order valence-electron chi connectivity index (χ3n) is 4.83. The summed E-state index contributed by atoms with van der Waals surface area (Å²) in [4.78, 5) is 12.7. The lowest BCUT2D eigenvalue weighted by Crippen LogP contribution is -2.32. The summed E-state index contributed by atoms with van der Waals surface area (Å²) in [5, 5.41) is 2.85. The van der Waals surface area contributed by atoms with E-state index in [1.54, 1.807) is 18.2 Å². The zero-order valence-corrected chi connectivity index (χ0v) is 16.6. The van der Waals surface area contributed by atoms with E-state index in [-0.39, 0.29) is 16.8 Å². The topological polar surface area (TPSA) is 79.6 Å². The maximum absolute atomic E-state index is 12.9. The van der Waals surface area contributed by atoms with Gasteiger partial charge >= 0.3 is 0 Å². The number of carbonyl (C=O) groups is 1. The number of nitrogens with zero attached hydrogens (tertiary/aromatic N) is 1. The molecule has 1 N–H and O–H groups in total. The number of hydrogen-bond donors (Lipinski definition) is 1. The third kappa shape index (κ3) is 4.59. The second-order valence-electron chi connectivity index (χ2n) is 6.99. The van der Waals surface area contributed by atoms with Gasteiger partial charge in [0.05, 0.1) is 10.9 Å². The van der Waals surface area contributed by atoms with E-state index in [0.717, 1.165) is 31.4 Å². The quantitative estimate of drug-likeness (QED) is 0.845. The Bertz CT molecular complexity index is 896. The van der Waals surface area contributed by atoms with Gasteiger partial charge in [0, 0.05) is 18.7 Å². The first-order valence-corrected chi connectivity index (χ1v) is 10.8. The molecule has 0 aliphatic carbocycles. The first kappa shape index (κ1) is 19.6. The smallest absolute Gasteiger partial charge is 0.251 e. The summed E-state index contributed by atoms with van der Waals surface area (Å²) in [5.74, 6) is 1.11. The zero-order chi connectivity index (χ0) is 19.4. The Labute approximate surface area is 160 Å². The van der Waals surface area contributed by atoms with Crippen molar-refractivity contribution in [2.45, 2.75) is 50.5 Å². The number of furan rings is 1. The van der Waals surface area contributed by atoms with Crippen molar-refractivity contribution in [1.82, 2.24) is 9.62 Å². The van der Waals surface area contributed by atoms with Crippen LogP contribution in [0.25, 0.3) is 0 Å². The summed E-state index contributed by atoms with van der Waals surface area (Å²) in [7, 11) is -3.58. The Hall–Kier alpha value is -2.12. The zero-order valence-electron chi connectivity index (χ0n) is 15.8. The molecule has 7 heteroatoms. The van der Waals surface area contributed by atoms with Crippen LogP contribution in [0.4, 0.5) is 0 Å². The van der Waals surface area contributed by atoms with E-state index in [1.807, 2.05) is 26.0 Å². The fraction of sp³-hybridized carbons (Fsp3) is 0.450. The molecule has 146 valence electrons. The van der Waals surface area contributed by atoms with E-state index < -0.39 is 10.0 Å². The van der Waals surface area contributed by atoms with Gasteiger partial charge in [-0.3, -0.25) is 4.79 Å². The summed E-state index contributed by atoms with van der Waals surface area (Å²) in [5.41, 5.74) is 0.320. The van der Waals surface area contributed by atoms with Crippen LogP contribution in [-0.4, -0.2) is 31.7 Å². The molecule has 1 aromatic heterocycles. The number of sulfonamides is 1. The van der Waals surface area contributed by atoms with E-state index in [4.69, 9.17) is 4.42 Å². The second kappa shape index (κ2) is 8.27. The van der Waals surface area contributed by atoms with Crippen molar-refractivity contribution >= 4 is 15.9 Å². The Balaban J connectivity index is 1.77. The van der Waals surface area contributed by atoms with Crippen molar-refractivity contribution in [2.24, 2.45) is 0 Å². The van der Waals surface area contributed by atoms with E-state index in [2.05, 4.69) is 5.32 Å². The van der Waals surface area contributed by atoms with Gasteiger partial charge in [0.2, 0.25) is 10.0 Å². The van der Waals surface area contributed by atoms with Crippen LogP contribution in [0.1, 0.15) is 60.5 Å². The molecule has 0 spiro atoms. The predicted octanol–water partition coefficient (Wildman–Crippen LogP) is 3.64. The summed E-state index contributed by atoms with van der Waals surface area (Å²) < 4.78 is 32.9. The van der Waals surface area contributed by atoms with Gasteiger partial charge < -0.3 is 9.73 Å². The monoisotopic (exact) mass is 390 g/mol. The van der Waals surface area contributed by atoms with Crippen molar-refractivity contribution in [3.63, 3.8) is 0 Å². The average molecular weight is 391 g/mol. The van der Waals surface area contributed by atoms with Crippen LogP contribution in [0.3, 0.4) is 0 Å². The van der Waals surface area contributed by atoms with Crippen molar-refractivity contribution in [2.75, 3.05) is 13.1 Å². The molecular weight excluding hydrogens is 364 g/mol. The Morgan fingerprint density at radius 1 is 1.11 bits per heavy atom. The predicted molar refractivity (Wildman–Crippen MR) is 103 cm³/mol. The van der Waals surface area contributed by atoms with Gasteiger partial charge in [0.15, 0.2) is 0 Å². The lowest BCUT2D eigenvalue weighted by atomic mass is 10.2. The molecule has 1 atom stereocenters. The maximum Gasteiger partial charge on any atom is 0.251 e. The molecule has 1 saturated heterocycles. The molecule has 1 unspecified atom stereocenters.